The Bertz CT molecular complexity index is 857. The molecule has 0 radical (unpaired) electrons. The van der Waals surface area contributed by atoms with Crippen molar-refractivity contribution < 1.29 is 4.42 Å². The largest absolute Gasteiger partial charge is 0.471 e. The Balaban J connectivity index is 2.23. The lowest BCUT2D eigenvalue weighted by Gasteiger charge is -2.08. The van der Waals surface area contributed by atoms with Crippen LogP contribution in [0.25, 0.3) is 32.7 Å². The summed E-state index contributed by atoms with van der Waals surface area (Å²) in [6.07, 6.45) is 3.65. The molecule has 0 aliphatic heterocycles. The fourth-order valence-corrected chi connectivity index (χ4v) is 2.70. The number of furan rings is 1. The van der Waals surface area contributed by atoms with Crippen molar-refractivity contribution in [2.75, 3.05) is 0 Å². The fraction of sp³-hybridized carbons (Fsp3) is 0. The third kappa shape index (κ3) is 1.55. The number of hydrogen-bond acceptors (Lipinski definition) is 1. The van der Waals surface area contributed by atoms with Crippen molar-refractivity contribution >= 4 is 21.5 Å². The van der Waals surface area contributed by atoms with Gasteiger partial charge in [-0.3, -0.25) is 0 Å². The Labute approximate surface area is 111 Å². The number of fused-ring (bicyclic) bond motifs is 2. The first-order valence-electron chi connectivity index (χ1n) is 6.36. The average Bonchev–Trinajstić information content (AvgIpc) is 2.93. The Hall–Kier alpha value is -2.54. The molecule has 0 aliphatic rings. The van der Waals surface area contributed by atoms with Crippen LogP contribution in [0.3, 0.4) is 0 Å². The molecule has 0 N–H and O–H groups in total. The van der Waals surface area contributed by atoms with Crippen LogP contribution >= 0.6 is 0 Å². The molecule has 4 aromatic rings. The van der Waals surface area contributed by atoms with Crippen LogP contribution in [-0.4, -0.2) is 0 Å². The van der Waals surface area contributed by atoms with Gasteiger partial charge in [0.1, 0.15) is 0 Å². The van der Waals surface area contributed by atoms with Gasteiger partial charge in [0.2, 0.25) is 0 Å². The number of benzene rings is 3. The van der Waals surface area contributed by atoms with E-state index in [0.717, 1.165) is 5.39 Å². The maximum atomic E-state index is 5.40. The van der Waals surface area contributed by atoms with Crippen LogP contribution in [0.2, 0.25) is 0 Å². The number of rotatable bonds is 1. The monoisotopic (exact) mass is 244 g/mol. The van der Waals surface area contributed by atoms with E-state index in [-0.39, 0.29) is 0 Å². The Morgan fingerprint density at radius 3 is 2.32 bits per heavy atom. The predicted molar refractivity (Wildman–Crippen MR) is 79.2 cm³/mol. The third-order valence-corrected chi connectivity index (χ3v) is 3.56. The first-order valence-corrected chi connectivity index (χ1v) is 6.36. The maximum absolute atomic E-state index is 5.40. The summed E-state index contributed by atoms with van der Waals surface area (Å²) in [6, 6.07) is 21.1. The van der Waals surface area contributed by atoms with E-state index < -0.39 is 0 Å². The van der Waals surface area contributed by atoms with Crippen LogP contribution in [-0.2, 0) is 0 Å². The summed E-state index contributed by atoms with van der Waals surface area (Å²) in [5.74, 6) is 0. The van der Waals surface area contributed by atoms with Crippen LogP contribution in [0.5, 0.6) is 0 Å². The molecule has 90 valence electrons. The highest BCUT2D eigenvalue weighted by Crippen LogP contribution is 2.36. The Kier molecular flexibility index (Phi) is 2.18. The molecule has 19 heavy (non-hydrogen) atoms. The van der Waals surface area contributed by atoms with E-state index in [1.165, 1.54) is 27.3 Å². The molecule has 0 unspecified atom stereocenters. The molecule has 0 atom stereocenters. The molecule has 1 nitrogen and oxygen atoms in total. The van der Waals surface area contributed by atoms with Gasteiger partial charge in [-0.1, -0.05) is 54.6 Å². The summed E-state index contributed by atoms with van der Waals surface area (Å²) in [6.45, 7) is 0. The van der Waals surface area contributed by atoms with Crippen molar-refractivity contribution in [2.45, 2.75) is 0 Å². The molecule has 0 saturated carbocycles. The van der Waals surface area contributed by atoms with Gasteiger partial charge in [0.15, 0.2) is 0 Å². The molecule has 4 rings (SSSR count). The van der Waals surface area contributed by atoms with Crippen LogP contribution in [0, 0.1) is 0 Å². The van der Waals surface area contributed by atoms with E-state index in [9.17, 15) is 0 Å². The SMILES string of the molecule is c1ccc(-c2c3ccccc3cc3cocc23)cc1. The van der Waals surface area contributed by atoms with Crippen LogP contribution < -0.4 is 0 Å². The lowest BCUT2D eigenvalue weighted by Crippen LogP contribution is -1.82. The van der Waals surface area contributed by atoms with Gasteiger partial charge in [0.05, 0.1) is 12.5 Å². The van der Waals surface area contributed by atoms with Crippen molar-refractivity contribution in [1.82, 2.24) is 0 Å². The van der Waals surface area contributed by atoms with Crippen molar-refractivity contribution in [2.24, 2.45) is 0 Å². The van der Waals surface area contributed by atoms with E-state index in [1.54, 1.807) is 0 Å². The Morgan fingerprint density at radius 1 is 0.632 bits per heavy atom. The van der Waals surface area contributed by atoms with Gasteiger partial charge in [0.25, 0.3) is 0 Å². The molecule has 1 heterocycles. The zero-order valence-electron chi connectivity index (χ0n) is 10.3. The minimum Gasteiger partial charge on any atom is -0.471 e. The average molecular weight is 244 g/mol. The molecule has 0 bridgehead atoms. The highest BCUT2D eigenvalue weighted by atomic mass is 16.3. The summed E-state index contributed by atoms with van der Waals surface area (Å²) in [4.78, 5) is 0. The van der Waals surface area contributed by atoms with Crippen LogP contribution in [0.4, 0.5) is 0 Å². The molecule has 0 spiro atoms. The summed E-state index contributed by atoms with van der Waals surface area (Å²) < 4.78 is 5.40. The second kappa shape index (κ2) is 3.99. The minimum absolute atomic E-state index is 1.15. The second-order valence-corrected chi connectivity index (χ2v) is 4.71. The first kappa shape index (κ1) is 10.4. The first-order chi connectivity index (χ1) is 9.43. The molecular formula is C18H12O. The van der Waals surface area contributed by atoms with Crippen molar-refractivity contribution in [3.8, 4) is 11.1 Å². The van der Waals surface area contributed by atoms with Gasteiger partial charge in [0, 0.05) is 16.3 Å². The molecule has 0 aliphatic carbocycles. The van der Waals surface area contributed by atoms with Gasteiger partial charge in [-0.05, 0) is 22.4 Å². The zero-order valence-corrected chi connectivity index (χ0v) is 10.3. The van der Waals surface area contributed by atoms with Gasteiger partial charge in [-0.15, -0.1) is 0 Å². The summed E-state index contributed by atoms with van der Waals surface area (Å²) in [5, 5.41) is 4.83. The summed E-state index contributed by atoms with van der Waals surface area (Å²) in [7, 11) is 0. The summed E-state index contributed by atoms with van der Waals surface area (Å²) >= 11 is 0. The van der Waals surface area contributed by atoms with Gasteiger partial charge in [-0.2, -0.15) is 0 Å². The molecule has 0 amide bonds. The molecule has 0 fully saturated rings. The maximum Gasteiger partial charge on any atom is 0.0987 e. The highest BCUT2D eigenvalue weighted by molar-refractivity contribution is 6.12. The minimum atomic E-state index is 1.15. The Morgan fingerprint density at radius 2 is 1.42 bits per heavy atom. The standard InChI is InChI=1S/C18H12O/c1-2-6-13(7-3-1)18-16-9-5-4-8-14(16)10-15-11-19-12-17(15)18/h1-12H. The lowest BCUT2D eigenvalue weighted by atomic mass is 9.94. The quantitative estimate of drug-likeness (QED) is 0.445. The van der Waals surface area contributed by atoms with E-state index >= 15 is 0 Å². The van der Waals surface area contributed by atoms with Crippen molar-refractivity contribution in [3.05, 3.63) is 73.2 Å². The van der Waals surface area contributed by atoms with E-state index in [4.69, 9.17) is 4.42 Å². The molecule has 1 heteroatoms. The zero-order chi connectivity index (χ0) is 12.7. The molecular weight excluding hydrogens is 232 g/mol. The van der Waals surface area contributed by atoms with E-state index in [2.05, 4.69) is 54.6 Å². The molecule has 1 aromatic heterocycles. The van der Waals surface area contributed by atoms with Crippen molar-refractivity contribution in [1.29, 1.82) is 0 Å². The topological polar surface area (TPSA) is 13.1 Å². The van der Waals surface area contributed by atoms with Crippen LogP contribution in [0.15, 0.2) is 77.6 Å². The molecule has 3 aromatic carbocycles. The normalized spacial score (nSPS) is 11.2. The molecule has 0 saturated heterocycles. The van der Waals surface area contributed by atoms with E-state index in [1.807, 2.05) is 18.6 Å². The van der Waals surface area contributed by atoms with Gasteiger partial charge in [-0.25, -0.2) is 0 Å². The van der Waals surface area contributed by atoms with Crippen molar-refractivity contribution in [3.63, 3.8) is 0 Å². The highest BCUT2D eigenvalue weighted by Gasteiger charge is 2.10. The fourth-order valence-electron chi connectivity index (χ4n) is 2.70. The number of hydrogen-bond donors (Lipinski definition) is 0. The second-order valence-electron chi connectivity index (χ2n) is 4.71. The van der Waals surface area contributed by atoms with Gasteiger partial charge >= 0.3 is 0 Å². The van der Waals surface area contributed by atoms with Gasteiger partial charge < -0.3 is 4.42 Å². The van der Waals surface area contributed by atoms with Crippen LogP contribution in [0.1, 0.15) is 0 Å². The predicted octanol–water partition coefficient (Wildman–Crippen LogP) is 5.25. The lowest BCUT2D eigenvalue weighted by molar-refractivity contribution is 0.572. The van der Waals surface area contributed by atoms with E-state index in [0.29, 0.717) is 0 Å². The smallest absolute Gasteiger partial charge is 0.0987 e. The summed E-state index contributed by atoms with van der Waals surface area (Å²) in [5.41, 5.74) is 2.48. The third-order valence-electron chi connectivity index (χ3n) is 3.56.